The molecule has 1 rings (SSSR count). The van der Waals surface area contributed by atoms with Crippen LogP contribution in [0, 0.1) is 0 Å². The van der Waals surface area contributed by atoms with E-state index in [0.29, 0.717) is 32.7 Å². The Labute approximate surface area is 127 Å². The molecule has 0 radical (unpaired) electrons. The Hall–Kier alpha value is -0.700. The van der Waals surface area contributed by atoms with Gasteiger partial charge in [0.1, 0.15) is 0 Å². The molecule has 1 aliphatic rings. The average molecular weight is 321 g/mol. The normalized spacial score (nSPS) is 17.4. The molecule has 0 N–H and O–H groups in total. The molecule has 7 nitrogen and oxygen atoms in total. The highest BCUT2D eigenvalue weighted by molar-refractivity contribution is 7.88. The van der Waals surface area contributed by atoms with Crippen molar-refractivity contribution in [2.75, 3.05) is 65.8 Å². The van der Waals surface area contributed by atoms with Gasteiger partial charge in [-0.2, -0.15) is 4.31 Å². The van der Waals surface area contributed by atoms with Gasteiger partial charge < -0.3 is 14.5 Å². The summed E-state index contributed by atoms with van der Waals surface area (Å²) in [6.07, 6.45) is 1.72. The van der Waals surface area contributed by atoms with Gasteiger partial charge in [0.2, 0.25) is 15.9 Å². The van der Waals surface area contributed by atoms with Crippen LogP contribution in [0.4, 0.5) is 0 Å². The fraction of sp³-hybridized carbons (Fsp3) is 0.923. The van der Waals surface area contributed by atoms with Crippen molar-refractivity contribution in [2.24, 2.45) is 0 Å². The topological polar surface area (TPSA) is 70.2 Å². The number of hydrogen-bond donors (Lipinski definition) is 0. The maximum atomic E-state index is 12.3. The third kappa shape index (κ3) is 6.29. The summed E-state index contributed by atoms with van der Waals surface area (Å²) < 4.78 is 29.7. The molecule has 21 heavy (non-hydrogen) atoms. The molecule has 0 aromatic carbocycles. The van der Waals surface area contributed by atoms with Crippen LogP contribution < -0.4 is 0 Å². The molecule has 1 amide bonds. The first-order valence-corrected chi connectivity index (χ1v) is 9.17. The molecule has 0 bridgehead atoms. The summed E-state index contributed by atoms with van der Waals surface area (Å²) in [7, 11) is -1.80. The van der Waals surface area contributed by atoms with Crippen molar-refractivity contribution in [3.05, 3.63) is 0 Å². The van der Waals surface area contributed by atoms with Gasteiger partial charge in [-0.05, 0) is 13.0 Å². The number of sulfonamides is 1. The first-order valence-electron chi connectivity index (χ1n) is 7.32. The fourth-order valence-electron chi connectivity index (χ4n) is 2.31. The van der Waals surface area contributed by atoms with Crippen LogP contribution in [0.2, 0.25) is 0 Å². The number of amides is 1. The van der Waals surface area contributed by atoms with Crippen molar-refractivity contribution in [1.82, 2.24) is 14.1 Å². The van der Waals surface area contributed by atoms with Gasteiger partial charge in [-0.1, -0.05) is 6.92 Å². The number of piperazine rings is 1. The van der Waals surface area contributed by atoms with Crippen LogP contribution in [0.15, 0.2) is 0 Å². The molecule has 1 heterocycles. The summed E-state index contributed by atoms with van der Waals surface area (Å²) in [5.41, 5.74) is 0. The standard InChI is InChI=1S/C13H27N3O4S/c1-4-14-7-9-15(10-8-14)13(17)12-16(21(3,18)19)6-5-11-20-2/h4-12H2,1-3H3. The van der Waals surface area contributed by atoms with Gasteiger partial charge in [-0.15, -0.1) is 0 Å². The van der Waals surface area contributed by atoms with Gasteiger partial charge in [-0.3, -0.25) is 4.79 Å². The van der Waals surface area contributed by atoms with E-state index in [1.807, 2.05) is 0 Å². The molecular weight excluding hydrogens is 294 g/mol. The largest absolute Gasteiger partial charge is 0.385 e. The van der Waals surface area contributed by atoms with E-state index >= 15 is 0 Å². The molecule has 0 spiro atoms. The second-order valence-corrected chi connectivity index (χ2v) is 7.24. The van der Waals surface area contributed by atoms with Crippen molar-refractivity contribution >= 4 is 15.9 Å². The van der Waals surface area contributed by atoms with Crippen molar-refractivity contribution < 1.29 is 17.9 Å². The zero-order valence-electron chi connectivity index (χ0n) is 13.2. The number of carbonyl (C=O) groups excluding carboxylic acids is 1. The molecule has 0 unspecified atom stereocenters. The van der Waals surface area contributed by atoms with Crippen LogP contribution in [0.1, 0.15) is 13.3 Å². The number of methoxy groups -OCH3 is 1. The summed E-state index contributed by atoms with van der Waals surface area (Å²) in [6, 6.07) is 0. The minimum absolute atomic E-state index is 0.0747. The molecule has 0 aromatic rings. The van der Waals surface area contributed by atoms with Crippen LogP contribution in [0.3, 0.4) is 0 Å². The lowest BCUT2D eigenvalue weighted by atomic mass is 10.3. The van der Waals surface area contributed by atoms with Gasteiger partial charge >= 0.3 is 0 Å². The first kappa shape index (κ1) is 18.3. The van der Waals surface area contributed by atoms with Gasteiger partial charge in [-0.25, -0.2) is 8.42 Å². The molecule has 8 heteroatoms. The minimum Gasteiger partial charge on any atom is -0.385 e. The number of rotatable bonds is 8. The van der Waals surface area contributed by atoms with Crippen LogP contribution in [0.25, 0.3) is 0 Å². The summed E-state index contributed by atoms with van der Waals surface area (Å²) in [4.78, 5) is 16.3. The molecule has 0 aliphatic carbocycles. The van der Waals surface area contributed by atoms with E-state index in [9.17, 15) is 13.2 Å². The van der Waals surface area contributed by atoms with E-state index in [1.165, 1.54) is 4.31 Å². The van der Waals surface area contributed by atoms with Gasteiger partial charge in [0.25, 0.3) is 0 Å². The summed E-state index contributed by atoms with van der Waals surface area (Å²) >= 11 is 0. The predicted molar refractivity (Wildman–Crippen MR) is 81.6 cm³/mol. The monoisotopic (exact) mass is 321 g/mol. The van der Waals surface area contributed by atoms with Crippen molar-refractivity contribution in [3.63, 3.8) is 0 Å². The lowest BCUT2D eigenvalue weighted by Crippen LogP contribution is -2.51. The number of likely N-dealkylation sites (N-methyl/N-ethyl adjacent to an activating group) is 1. The third-order valence-electron chi connectivity index (χ3n) is 3.71. The second-order valence-electron chi connectivity index (χ2n) is 5.26. The van der Waals surface area contributed by atoms with E-state index in [2.05, 4.69) is 11.8 Å². The van der Waals surface area contributed by atoms with Gasteiger partial charge in [0.05, 0.1) is 12.8 Å². The van der Waals surface area contributed by atoms with Gasteiger partial charge in [0, 0.05) is 46.4 Å². The van der Waals surface area contributed by atoms with E-state index in [1.54, 1.807) is 12.0 Å². The molecule has 1 fully saturated rings. The maximum absolute atomic E-state index is 12.3. The first-order chi connectivity index (χ1) is 9.88. The van der Waals surface area contributed by atoms with Crippen molar-refractivity contribution in [3.8, 4) is 0 Å². The number of ether oxygens (including phenoxy) is 1. The van der Waals surface area contributed by atoms with Crippen LogP contribution in [-0.4, -0.2) is 94.2 Å². The zero-order valence-corrected chi connectivity index (χ0v) is 14.1. The molecule has 124 valence electrons. The molecule has 1 saturated heterocycles. The Morgan fingerprint density at radius 3 is 2.33 bits per heavy atom. The molecular formula is C13H27N3O4S. The Kier molecular flexibility index (Phi) is 7.58. The molecule has 0 aromatic heterocycles. The number of carbonyl (C=O) groups is 1. The van der Waals surface area contributed by atoms with Crippen LogP contribution in [0.5, 0.6) is 0 Å². The second kappa shape index (κ2) is 8.67. The smallest absolute Gasteiger partial charge is 0.237 e. The fourth-order valence-corrected chi connectivity index (χ4v) is 3.12. The highest BCUT2D eigenvalue weighted by Crippen LogP contribution is 2.06. The lowest BCUT2D eigenvalue weighted by molar-refractivity contribution is -0.133. The lowest BCUT2D eigenvalue weighted by Gasteiger charge is -2.35. The van der Waals surface area contributed by atoms with Crippen molar-refractivity contribution in [1.29, 1.82) is 0 Å². The van der Waals surface area contributed by atoms with E-state index in [4.69, 9.17) is 4.74 Å². The average Bonchev–Trinajstić information content (AvgIpc) is 2.45. The highest BCUT2D eigenvalue weighted by Gasteiger charge is 2.25. The Morgan fingerprint density at radius 1 is 1.24 bits per heavy atom. The zero-order chi connectivity index (χ0) is 15.9. The molecule has 0 saturated carbocycles. The predicted octanol–water partition coefficient (Wildman–Crippen LogP) is -0.551. The Morgan fingerprint density at radius 2 is 1.86 bits per heavy atom. The highest BCUT2D eigenvalue weighted by atomic mass is 32.2. The molecule has 1 aliphatic heterocycles. The van der Waals surface area contributed by atoms with Gasteiger partial charge in [0.15, 0.2) is 0 Å². The van der Waals surface area contributed by atoms with E-state index in [-0.39, 0.29) is 12.5 Å². The Balaban J connectivity index is 2.52. The number of nitrogens with zero attached hydrogens (tertiary/aromatic N) is 3. The van der Waals surface area contributed by atoms with E-state index in [0.717, 1.165) is 25.9 Å². The summed E-state index contributed by atoms with van der Waals surface area (Å²) in [6.45, 7) is 6.84. The SMILES string of the molecule is CCN1CCN(C(=O)CN(CCCOC)S(C)(=O)=O)CC1. The number of hydrogen-bond acceptors (Lipinski definition) is 5. The summed E-state index contributed by atoms with van der Waals surface area (Å²) in [5.74, 6) is -0.117. The molecule has 0 atom stereocenters. The summed E-state index contributed by atoms with van der Waals surface area (Å²) in [5, 5.41) is 0. The quantitative estimate of drug-likeness (QED) is 0.561. The van der Waals surface area contributed by atoms with Crippen LogP contribution >= 0.6 is 0 Å². The minimum atomic E-state index is -3.37. The van der Waals surface area contributed by atoms with Crippen LogP contribution in [-0.2, 0) is 19.6 Å². The van der Waals surface area contributed by atoms with Crippen molar-refractivity contribution in [2.45, 2.75) is 13.3 Å². The Bertz CT molecular complexity index is 419. The maximum Gasteiger partial charge on any atom is 0.237 e. The third-order valence-corrected chi connectivity index (χ3v) is 4.96. The van der Waals surface area contributed by atoms with E-state index < -0.39 is 10.0 Å².